The average Bonchev–Trinajstić information content (AvgIpc) is 3.54. The molecule has 7 aromatic rings. The van der Waals surface area contributed by atoms with E-state index in [4.69, 9.17) is 19.6 Å². The van der Waals surface area contributed by atoms with Crippen molar-refractivity contribution in [2.45, 2.75) is 41.0 Å². The number of methoxy groups -OCH3 is 1. The molecule has 0 spiro atoms. The highest BCUT2D eigenvalue weighted by Crippen LogP contribution is 2.37. The van der Waals surface area contributed by atoms with Crippen molar-refractivity contribution in [2.75, 3.05) is 7.11 Å². The van der Waals surface area contributed by atoms with Crippen molar-refractivity contribution in [1.82, 2.24) is 19.3 Å². The molecule has 0 unspecified atom stereocenters. The minimum atomic E-state index is 0.745. The summed E-state index contributed by atoms with van der Waals surface area (Å²) >= 11 is 0. The number of para-hydroxylation sites is 1. The molecule has 6 heteroatoms. The number of nitrogens with zero attached hydrogens (tertiary/aromatic N) is 4. The van der Waals surface area contributed by atoms with Crippen molar-refractivity contribution in [3.05, 3.63) is 125 Å². The van der Waals surface area contributed by atoms with Crippen LogP contribution in [-0.4, -0.2) is 26.4 Å². The van der Waals surface area contributed by atoms with Crippen LogP contribution in [0, 0.1) is 27.7 Å². The fraction of sp³-hybridized carbons (Fsp3) is 0.179. The van der Waals surface area contributed by atoms with Crippen molar-refractivity contribution in [3.8, 4) is 39.9 Å². The molecule has 6 nitrogen and oxygen atoms in total. The van der Waals surface area contributed by atoms with E-state index in [1.165, 1.54) is 27.9 Å². The maximum absolute atomic E-state index is 6.60. The zero-order valence-electron chi connectivity index (χ0n) is 26.6. The first-order chi connectivity index (χ1) is 21.9. The van der Waals surface area contributed by atoms with Gasteiger partial charge in [0.15, 0.2) is 0 Å². The van der Waals surface area contributed by atoms with E-state index in [0.29, 0.717) is 0 Å². The molecule has 3 aromatic heterocycles. The third-order valence-corrected chi connectivity index (χ3v) is 8.56. The van der Waals surface area contributed by atoms with Crippen LogP contribution >= 0.6 is 0 Å². The minimum Gasteiger partial charge on any atom is -0.497 e. The normalized spacial score (nSPS) is 11.4. The lowest BCUT2D eigenvalue weighted by atomic mass is 9.93. The Kier molecular flexibility index (Phi) is 7.13. The van der Waals surface area contributed by atoms with Crippen molar-refractivity contribution >= 4 is 21.8 Å². The van der Waals surface area contributed by atoms with Gasteiger partial charge in [0.05, 0.1) is 35.2 Å². The van der Waals surface area contributed by atoms with Gasteiger partial charge in [-0.25, -0.2) is 9.67 Å². The molecule has 3 heterocycles. The number of ether oxygens (including phenoxy) is 2. The molecule has 4 aromatic carbocycles. The Morgan fingerprint density at radius 1 is 0.689 bits per heavy atom. The lowest BCUT2D eigenvalue weighted by Crippen LogP contribution is -2.03. The molecule has 0 aliphatic carbocycles. The van der Waals surface area contributed by atoms with Crippen LogP contribution in [0.5, 0.6) is 17.2 Å². The number of aromatic nitrogens is 4. The van der Waals surface area contributed by atoms with Crippen LogP contribution in [0.25, 0.3) is 44.4 Å². The molecule has 0 atom stereocenters. The van der Waals surface area contributed by atoms with Crippen LogP contribution in [0.3, 0.4) is 0 Å². The summed E-state index contributed by atoms with van der Waals surface area (Å²) in [4.78, 5) is 4.69. The molecule has 0 aliphatic rings. The van der Waals surface area contributed by atoms with Gasteiger partial charge in [0.25, 0.3) is 0 Å². The molecule has 0 saturated carbocycles. The van der Waals surface area contributed by atoms with Gasteiger partial charge in [0, 0.05) is 40.7 Å². The van der Waals surface area contributed by atoms with E-state index >= 15 is 0 Å². The summed E-state index contributed by atoms with van der Waals surface area (Å²) in [7, 11) is 1.67. The monoisotopic (exact) mass is 592 g/mol. The topological polar surface area (TPSA) is 54.1 Å². The number of hydrogen-bond acceptors (Lipinski definition) is 4. The molecule has 0 N–H and O–H groups in total. The highest BCUT2D eigenvalue weighted by Gasteiger charge is 2.20. The Morgan fingerprint density at radius 3 is 2.24 bits per heavy atom. The molecule has 224 valence electrons. The fourth-order valence-electron chi connectivity index (χ4n) is 6.60. The van der Waals surface area contributed by atoms with E-state index in [9.17, 15) is 0 Å². The van der Waals surface area contributed by atoms with Crippen molar-refractivity contribution in [2.24, 2.45) is 0 Å². The number of aryl methyl sites for hydroxylation is 4. The SMILES string of the molecule is CCc1c(-c2c(C)cccc2C)c(C)nn1-c1cc(C)cc(Oc2ccc3c4ccccc4n(-c4cc(OC)ccn4)c3c2)c1. The van der Waals surface area contributed by atoms with E-state index in [1.54, 1.807) is 13.3 Å². The Bertz CT molecular complexity index is 2200. The van der Waals surface area contributed by atoms with Gasteiger partial charge in [-0.05, 0) is 92.8 Å². The summed E-state index contributed by atoms with van der Waals surface area (Å²) in [5, 5.41) is 7.35. The van der Waals surface area contributed by atoms with E-state index in [-0.39, 0.29) is 0 Å². The first kappa shape index (κ1) is 28.4. The van der Waals surface area contributed by atoms with E-state index in [2.05, 4.69) is 117 Å². The average molecular weight is 593 g/mol. The summed E-state index contributed by atoms with van der Waals surface area (Å²) in [5.74, 6) is 3.05. The molecule has 7 rings (SSSR count). The first-order valence-electron chi connectivity index (χ1n) is 15.3. The van der Waals surface area contributed by atoms with Gasteiger partial charge in [0.2, 0.25) is 0 Å². The largest absolute Gasteiger partial charge is 0.497 e. The second-order valence-electron chi connectivity index (χ2n) is 11.6. The van der Waals surface area contributed by atoms with Gasteiger partial charge >= 0.3 is 0 Å². The molecule has 0 bridgehead atoms. The summed E-state index contributed by atoms with van der Waals surface area (Å²) in [6, 6.07) is 31.2. The lowest BCUT2D eigenvalue weighted by Gasteiger charge is -2.14. The maximum Gasteiger partial charge on any atom is 0.141 e. The predicted molar refractivity (Wildman–Crippen MR) is 183 cm³/mol. The second-order valence-corrected chi connectivity index (χ2v) is 11.6. The Morgan fingerprint density at radius 2 is 1.47 bits per heavy atom. The number of fused-ring (bicyclic) bond motifs is 3. The smallest absolute Gasteiger partial charge is 0.141 e. The van der Waals surface area contributed by atoms with E-state index in [1.807, 2.05) is 18.2 Å². The van der Waals surface area contributed by atoms with Crippen LogP contribution in [0.15, 0.2) is 97.2 Å². The molecule has 0 aliphatic heterocycles. The van der Waals surface area contributed by atoms with Gasteiger partial charge in [-0.15, -0.1) is 0 Å². The number of rotatable bonds is 7. The highest BCUT2D eigenvalue weighted by molar-refractivity contribution is 6.09. The van der Waals surface area contributed by atoms with E-state index < -0.39 is 0 Å². The predicted octanol–water partition coefficient (Wildman–Crippen LogP) is 9.63. The van der Waals surface area contributed by atoms with Gasteiger partial charge in [0.1, 0.15) is 23.1 Å². The molecular formula is C39H36N4O2. The van der Waals surface area contributed by atoms with Crippen LogP contribution in [-0.2, 0) is 6.42 Å². The quantitative estimate of drug-likeness (QED) is 0.185. The van der Waals surface area contributed by atoms with Gasteiger partial charge in [-0.3, -0.25) is 4.57 Å². The number of pyridine rings is 1. The zero-order valence-corrected chi connectivity index (χ0v) is 26.6. The highest BCUT2D eigenvalue weighted by atomic mass is 16.5. The number of benzene rings is 4. The second kappa shape index (κ2) is 11.3. The van der Waals surface area contributed by atoms with Crippen molar-refractivity contribution in [1.29, 1.82) is 0 Å². The van der Waals surface area contributed by atoms with Crippen molar-refractivity contribution in [3.63, 3.8) is 0 Å². The molecule has 0 fully saturated rings. The van der Waals surface area contributed by atoms with Crippen LogP contribution in [0.2, 0.25) is 0 Å². The first-order valence-corrected chi connectivity index (χ1v) is 15.3. The van der Waals surface area contributed by atoms with Crippen LogP contribution in [0.1, 0.15) is 35.0 Å². The summed E-state index contributed by atoms with van der Waals surface area (Å²) in [6.07, 6.45) is 2.63. The molecule has 0 radical (unpaired) electrons. The Hall–Kier alpha value is -5.36. The minimum absolute atomic E-state index is 0.745. The Balaban J connectivity index is 1.32. The van der Waals surface area contributed by atoms with Gasteiger partial charge < -0.3 is 9.47 Å². The van der Waals surface area contributed by atoms with Crippen LogP contribution < -0.4 is 9.47 Å². The summed E-state index contributed by atoms with van der Waals surface area (Å²) in [6.45, 7) is 10.8. The molecule has 45 heavy (non-hydrogen) atoms. The number of hydrogen-bond donors (Lipinski definition) is 0. The molecule has 0 amide bonds. The lowest BCUT2D eigenvalue weighted by molar-refractivity contribution is 0.414. The third-order valence-electron chi connectivity index (χ3n) is 8.56. The summed E-state index contributed by atoms with van der Waals surface area (Å²) < 4.78 is 16.4. The standard InChI is InChI=1S/C39H36N4O2/c1-7-34-39(38-25(3)11-10-12-26(38)4)27(5)41-43(34)28-19-24(2)20-31(21-28)45-30-15-16-33-32-13-8-9-14-35(32)42(36(33)22-30)37-23-29(44-6)17-18-40-37/h8-23H,7H2,1-6H3. The Labute approximate surface area is 263 Å². The summed E-state index contributed by atoms with van der Waals surface area (Å²) in [5.41, 5.74) is 11.4. The van der Waals surface area contributed by atoms with Gasteiger partial charge in [-0.2, -0.15) is 5.10 Å². The molecule has 0 saturated heterocycles. The zero-order chi connectivity index (χ0) is 31.2. The van der Waals surface area contributed by atoms with Crippen LogP contribution in [0.4, 0.5) is 0 Å². The third kappa shape index (κ3) is 4.92. The molecular weight excluding hydrogens is 556 g/mol. The fourth-order valence-corrected chi connectivity index (χ4v) is 6.60. The van der Waals surface area contributed by atoms with Crippen molar-refractivity contribution < 1.29 is 9.47 Å². The van der Waals surface area contributed by atoms with E-state index in [0.717, 1.165) is 68.2 Å². The van der Waals surface area contributed by atoms with Gasteiger partial charge in [-0.1, -0.05) is 43.3 Å². The maximum atomic E-state index is 6.60.